The van der Waals surface area contributed by atoms with Gasteiger partial charge >= 0.3 is 0 Å². The number of carbonyl (C=O) groups excluding carboxylic acids is 1. The number of carbonyl (C=O) groups is 1. The minimum atomic E-state index is -0.247. The summed E-state index contributed by atoms with van der Waals surface area (Å²) in [5.74, 6) is -0.247. The Bertz CT molecular complexity index is 1160. The van der Waals surface area contributed by atoms with E-state index in [2.05, 4.69) is 10.3 Å². The van der Waals surface area contributed by atoms with Gasteiger partial charge in [0, 0.05) is 35.1 Å². The molecule has 27 heavy (non-hydrogen) atoms. The first-order valence-electron chi connectivity index (χ1n) is 8.26. The molecule has 0 fully saturated rings. The number of hydrogen-bond acceptors (Lipinski definition) is 5. The van der Waals surface area contributed by atoms with Crippen molar-refractivity contribution < 1.29 is 9.21 Å². The van der Waals surface area contributed by atoms with Crippen LogP contribution in [0.1, 0.15) is 21.5 Å². The van der Waals surface area contributed by atoms with Crippen LogP contribution in [0.4, 0.5) is 11.4 Å². The van der Waals surface area contributed by atoms with E-state index >= 15 is 0 Å². The molecule has 2 aromatic carbocycles. The highest BCUT2D eigenvalue weighted by atomic mass is 16.3. The third-order valence-electron chi connectivity index (χ3n) is 4.38. The summed E-state index contributed by atoms with van der Waals surface area (Å²) in [5, 5.41) is 11.2. The van der Waals surface area contributed by atoms with E-state index in [-0.39, 0.29) is 11.6 Å². The van der Waals surface area contributed by atoms with E-state index in [0.29, 0.717) is 28.1 Å². The van der Waals surface area contributed by atoms with Crippen molar-refractivity contribution in [3.63, 3.8) is 0 Å². The number of fused-ring (bicyclic) bond motifs is 1. The second kappa shape index (κ2) is 6.45. The van der Waals surface area contributed by atoms with E-state index in [0.717, 1.165) is 11.0 Å². The largest absolute Gasteiger partial charge is 0.472 e. The first kappa shape index (κ1) is 16.6. The summed E-state index contributed by atoms with van der Waals surface area (Å²) < 4.78 is 6.89. The average molecular weight is 359 g/mol. The Morgan fingerprint density at radius 3 is 2.81 bits per heavy atom. The van der Waals surface area contributed by atoms with Crippen LogP contribution in [0, 0.1) is 5.41 Å². The first-order valence-corrected chi connectivity index (χ1v) is 8.26. The van der Waals surface area contributed by atoms with E-state index in [4.69, 9.17) is 15.6 Å². The van der Waals surface area contributed by atoms with Gasteiger partial charge in [0.2, 0.25) is 0 Å². The zero-order valence-corrected chi connectivity index (χ0v) is 14.6. The van der Waals surface area contributed by atoms with Crippen LogP contribution in [0.15, 0.2) is 65.7 Å². The molecule has 0 radical (unpaired) electrons. The molecule has 0 aliphatic carbocycles. The fourth-order valence-electron chi connectivity index (χ4n) is 2.88. The monoisotopic (exact) mass is 359 g/mol. The van der Waals surface area contributed by atoms with Crippen LogP contribution in [0.3, 0.4) is 0 Å². The predicted molar refractivity (Wildman–Crippen MR) is 104 cm³/mol. The first-order chi connectivity index (χ1) is 13.0. The summed E-state index contributed by atoms with van der Waals surface area (Å²) in [7, 11) is 1.88. The van der Waals surface area contributed by atoms with Crippen LogP contribution in [-0.4, -0.2) is 21.2 Å². The van der Waals surface area contributed by atoms with Gasteiger partial charge in [0.25, 0.3) is 5.91 Å². The second-order valence-corrected chi connectivity index (χ2v) is 6.20. The number of aryl methyl sites for hydroxylation is 1. The van der Waals surface area contributed by atoms with Gasteiger partial charge in [0.15, 0.2) is 0 Å². The maximum absolute atomic E-state index is 12.6. The van der Waals surface area contributed by atoms with E-state index in [9.17, 15) is 4.79 Å². The number of nitrogens with one attached hydrogen (secondary N) is 2. The lowest BCUT2D eigenvalue weighted by atomic mass is 10.0. The molecule has 7 heteroatoms. The van der Waals surface area contributed by atoms with Crippen molar-refractivity contribution >= 4 is 34.0 Å². The summed E-state index contributed by atoms with van der Waals surface area (Å²) in [6, 6.07) is 12.1. The van der Waals surface area contributed by atoms with Crippen molar-refractivity contribution in [2.75, 3.05) is 11.1 Å². The molecule has 0 unspecified atom stereocenters. The fourth-order valence-corrected chi connectivity index (χ4v) is 2.88. The van der Waals surface area contributed by atoms with Crippen LogP contribution < -0.4 is 11.1 Å². The van der Waals surface area contributed by atoms with Crippen LogP contribution in [-0.2, 0) is 7.05 Å². The highest BCUT2D eigenvalue weighted by Gasteiger charge is 2.13. The van der Waals surface area contributed by atoms with Crippen LogP contribution in [0.25, 0.3) is 11.0 Å². The predicted octanol–water partition coefficient (Wildman–Crippen LogP) is 3.42. The van der Waals surface area contributed by atoms with Gasteiger partial charge in [-0.25, -0.2) is 4.98 Å². The Hall–Kier alpha value is -3.87. The van der Waals surface area contributed by atoms with Crippen LogP contribution in [0.2, 0.25) is 0 Å². The number of benzene rings is 2. The summed E-state index contributed by atoms with van der Waals surface area (Å²) >= 11 is 0. The lowest BCUT2D eigenvalue weighted by Gasteiger charge is -2.11. The highest BCUT2D eigenvalue weighted by Crippen LogP contribution is 2.22. The minimum Gasteiger partial charge on any atom is -0.472 e. The number of nitrogens with zero attached hydrogens (tertiary/aromatic N) is 2. The van der Waals surface area contributed by atoms with Crippen molar-refractivity contribution in [2.45, 2.75) is 0 Å². The molecule has 0 aliphatic rings. The summed E-state index contributed by atoms with van der Waals surface area (Å²) in [4.78, 5) is 16.9. The van der Waals surface area contributed by atoms with Gasteiger partial charge < -0.3 is 20.0 Å². The zero-order valence-electron chi connectivity index (χ0n) is 14.6. The zero-order chi connectivity index (χ0) is 19.0. The number of nitrogen functional groups attached to an aromatic ring is 1. The van der Waals surface area contributed by atoms with Crippen LogP contribution >= 0.6 is 0 Å². The molecule has 0 atom stereocenters. The topological polar surface area (TPSA) is 110 Å². The molecule has 1 amide bonds. The molecule has 4 N–H and O–H groups in total. The number of furan rings is 1. The maximum atomic E-state index is 12.6. The number of imidazole rings is 1. The normalized spacial score (nSPS) is 10.9. The van der Waals surface area contributed by atoms with E-state index in [1.807, 2.05) is 17.7 Å². The SMILES string of the molecule is Cn1cnc2ccc(C(=O)Nc3ccc(N)c(C(=N)c4ccoc4)c3)cc21. The molecule has 134 valence electrons. The maximum Gasteiger partial charge on any atom is 0.255 e. The molecule has 4 rings (SSSR count). The standard InChI is InChI=1S/C20H17N5O2/c1-25-11-23-17-5-2-12(8-18(17)25)20(26)24-14-3-4-16(21)15(9-14)19(22)13-6-7-27-10-13/h2-11,22H,21H2,1H3,(H,24,26). The van der Waals surface area contributed by atoms with Gasteiger partial charge in [-0.15, -0.1) is 0 Å². The summed E-state index contributed by atoms with van der Waals surface area (Å²) in [5.41, 5.74) is 10.6. The molecule has 0 bridgehead atoms. The molecule has 7 nitrogen and oxygen atoms in total. The lowest BCUT2D eigenvalue weighted by Crippen LogP contribution is -2.13. The minimum absolute atomic E-state index is 0.230. The van der Waals surface area contributed by atoms with Gasteiger partial charge in [-0.1, -0.05) is 0 Å². The van der Waals surface area contributed by atoms with Crippen molar-refractivity contribution in [3.8, 4) is 0 Å². The van der Waals surface area contributed by atoms with E-state index in [1.54, 1.807) is 42.7 Å². The Kier molecular flexibility index (Phi) is 3.97. The van der Waals surface area contributed by atoms with Gasteiger partial charge in [0.1, 0.15) is 0 Å². The van der Waals surface area contributed by atoms with Crippen molar-refractivity contribution in [2.24, 2.45) is 7.05 Å². The van der Waals surface area contributed by atoms with Crippen molar-refractivity contribution in [3.05, 3.63) is 78.0 Å². The average Bonchev–Trinajstić information content (AvgIpc) is 3.33. The number of anilines is 2. The lowest BCUT2D eigenvalue weighted by molar-refractivity contribution is 0.102. The number of amides is 1. The van der Waals surface area contributed by atoms with Crippen molar-refractivity contribution in [1.29, 1.82) is 5.41 Å². The third kappa shape index (κ3) is 3.06. The molecule has 0 aliphatic heterocycles. The molecule has 0 saturated carbocycles. The quantitative estimate of drug-likeness (QED) is 0.383. The molecule has 4 aromatic rings. The van der Waals surface area contributed by atoms with Gasteiger partial charge in [-0.05, 0) is 42.5 Å². The number of nitrogens with two attached hydrogens (primary N) is 1. The van der Waals surface area contributed by atoms with Gasteiger partial charge in [0.05, 0.1) is 35.6 Å². The summed E-state index contributed by atoms with van der Waals surface area (Å²) in [6.07, 6.45) is 4.69. The Balaban J connectivity index is 1.61. The second-order valence-electron chi connectivity index (χ2n) is 6.20. The summed E-state index contributed by atoms with van der Waals surface area (Å²) in [6.45, 7) is 0. The number of hydrogen-bond donors (Lipinski definition) is 3. The molecular weight excluding hydrogens is 342 g/mol. The van der Waals surface area contributed by atoms with Gasteiger partial charge in [-0.2, -0.15) is 0 Å². The highest BCUT2D eigenvalue weighted by molar-refractivity contribution is 6.14. The van der Waals surface area contributed by atoms with Crippen LogP contribution in [0.5, 0.6) is 0 Å². The fraction of sp³-hybridized carbons (Fsp3) is 0.0500. The van der Waals surface area contributed by atoms with E-state index in [1.165, 1.54) is 12.5 Å². The Morgan fingerprint density at radius 2 is 2.04 bits per heavy atom. The molecule has 0 spiro atoms. The van der Waals surface area contributed by atoms with Crippen molar-refractivity contribution in [1.82, 2.24) is 9.55 Å². The van der Waals surface area contributed by atoms with Gasteiger partial charge in [-0.3, -0.25) is 10.2 Å². The molecule has 0 saturated heterocycles. The Morgan fingerprint density at radius 1 is 1.19 bits per heavy atom. The smallest absolute Gasteiger partial charge is 0.255 e. The molecular formula is C20H17N5O2. The number of rotatable bonds is 4. The van der Waals surface area contributed by atoms with E-state index < -0.39 is 0 Å². The number of aromatic nitrogens is 2. The Labute approximate surface area is 154 Å². The third-order valence-corrected chi connectivity index (χ3v) is 4.38. The molecule has 2 aromatic heterocycles. The molecule has 2 heterocycles.